The van der Waals surface area contributed by atoms with Crippen LogP contribution in [0.15, 0.2) is 36.4 Å². The third-order valence-corrected chi connectivity index (χ3v) is 3.83. The van der Waals surface area contributed by atoms with Gasteiger partial charge in [-0.15, -0.1) is 0 Å². The number of nitriles is 1. The number of ether oxygens (including phenoxy) is 1. The number of halogens is 3. The number of hydrogen-bond acceptors (Lipinski definition) is 3. The zero-order chi connectivity index (χ0) is 16.4. The molecule has 1 N–H and O–H groups in total. The second-order valence-electron chi connectivity index (χ2n) is 5.28. The molecule has 1 heterocycles. The Morgan fingerprint density at radius 3 is 2.65 bits per heavy atom. The van der Waals surface area contributed by atoms with Crippen molar-refractivity contribution in [1.29, 1.82) is 5.26 Å². The molecule has 3 nitrogen and oxygen atoms in total. The molecule has 1 aliphatic heterocycles. The average Bonchev–Trinajstić information content (AvgIpc) is 2.98. The van der Waals surface area contributed by atoms with Gasteiger partial charge >= 0.3 is 0 Å². The summed E-state index contributed by atoms with van der Waals surface area (Å²) in [6.07, 6.45) is 0.102. The summed E-state index contributed by atoms with van der Waals surface area (Å²) in [5.74, 6) is -2.48. The number of rotatable bonds is 3. The molecule has 0 radical (unpaired) electrons. The summed E-state index contributed by atoms with van der Waals surface area (Å²) in [5, 5.41) is 12.2. The summed E-state index contributed by atoms with van der Waals surface area (Å²) in [6.45, 7) is 0.429. The fraction of sp³-hybridized carbons (Fsp3) is 0.235. The molecular weight excluding hydrogens is 305 g/mol. The van der Waals surface area contributed by atoms with Gasteiger partial charge in [0.25, 0.3) is 0 Å². The van der Waals surface area contributed by atoms with E-state index in [0.29, 0.717) is 24.3 Å². The van der Waals surface area contributed by atoms with Crippen molar-refractivity contribution < 1.29 is 17.9 Å². The standard InChI is InChI=1S/C17H13F3N2O/c18-12-2-1-3-15(11(12)9-21)22-16-6-7-23-17(16)10-4-5-13(19)14(20)8-10/h1-5,8,16-17,22H,6-7H2. The first kappa shape index (κ1) is 15.4. The topological polar surface area (TPSA) is 45.0 Å². The van der Waals surface area contributed by atoms with Crippen LogP contribution in [0.25, 0.3) is 0 Å². The van der Waals surface area contributed by atoms with E-state index in [1.54, 1.807) is 6.07 Å². The van der Waals surface area contributed by atoms with Crippen molar-refractivity contribution in [1.82, 2.24) is 0 Å². The van der Waals surface area contributed by atoms with Gasteiger partial charge < -0.3 is 10.1 Å². The summed E-state index contributed by atoms with van der Waals surface area (Å²) < 4.78 is 45.7. The molecule has 0 saturated carbocycles. The van der Waals surface area contributed by atoms with Crippen LogP contribution in [0.3, 0.4) is 0 Å². The van der Waals surface area contributed by atoms with Crippen LogP contribution < -0.4 is 5.32 Å². The molecule has 1 saturated heterocycles. The minimum Gasteiger partial charge on any atom is -0.378 e. The quantitative estimate of drug-likeness (QED) is 0.933. The lowest BCUT2D eigenvalue weighted by Crippen LogP contribution is -2.24. The number of nitrogens with zero attached hydrogens (tertiary/aromatic N) is 1. The normalized spacial score (nSPS) is 20.3. The maximum absolute atomic E-state index is 13.7. The van der Waals surface area contributed by atoms with Crippen molar-refractivity contribution in [3.05, 3.63) is 65.0 Å². The van der Waals surface area contributed by atoms with Crippen LogP contribution in [-0.4, -0.2) is 12.6 Å². The van der Waals surface area contributed by atoms with Crippen LogP contribution in [0.5, 0.6) is 0 Å². The maximum Gasteiger partial charge on any atom is 0.159 e. The van der Waals surface area contributed by atoms with Gasteiger partial charge in [-0.1, -0.05) is 12.1 Å². The Morgan fingerprint density at radius 1 is 1.09 bits per heavy atom. The van der Waals surface area contributed by atoms with E-state index in [1.165, 1.54) is 18.2 Å². The molecule has 2 atom stereocenters. The summed E-state index contributed by atoms with van der Waals surface area (Å²) in [4.78, 5) is 0. The number of anilines is 1. The summed E-state index contributed by atoms with van der Waals surface area (Å²) in [6, 6.07) is 9.46. The molecular formula is C17H13F3N2O. The Hall–Kier alpha value is -2.52. The second kappa shape index (κ2) is 6.31. The van der Waals surface area contributed by atoms with E-state index in [0.717, 1.165) is 12.1 Å². The van der Waals surface area contributed by atoms with Crippen molar-refractivity contribution >= 4 is 5.69 Å². The van der Waals surface area contributed by atoms with Crippen molar-refractivity contribution in [2.45, 2.75) is 18.6 Å². The zero-order valence-corrected chi connectivity index (χ0v) is 12.0. The van der Waals surface area contributed by atoms with Crippen LogP contribution in [0, 0.1) is 28.8 Å². The Bertz CT molecular complexity index is 773. The summed E-state index contributed by atoms with van der Waals surface area (Å²) in [7, 11) is 0. The van der Waals surface area contributed by atoms with Gasteiger partial charge in [-0.2, -0.15) is 5.26 Å². The van der Waals surface area contributed by atoms with Crippen molar-refractivity contribution in [2.75, 3.05) is 11.9 Å². The average molecular weight is 318 g/mol. The molecule has 0 aromatic heterocycles. The van der Waals surface area contributed by atoms with Crippen LogP contribution in [-0.2, 0) is 4.74 Å². The lowest BCUT2D eigenvalue weighted by molar-refractivity contribution is 0.107. The molecule has 118 valence electrons. The first-order valence-corrected chi connectivity index (χ1v) is 7.12. The van der Waals surface area contributed by atoms with E-state index in [2.05, 4.69) is 5.32 Å². The van der Waals surface area contributed by atoms with Crippen LogP contribution in [0.1, 0.15) is 23.7 Å². The Labute approximate surface area is 131 Å². The van der Waals surface area contributed by atoms with Gasteiger partial charge in [0, 0.05) is 6.61 Å². The minimum absolute atomic E-state index is 0.0802. The van der Waals surface area contributed by atoms with Gasteiger partial charge in [0.2, 0.25) is 0 Å². The molecule has 2 aromatic rings. The summed E-state index contributed by atoms with van der Waals surface area (Å²) in [5.41, 5.74) is 0.771. The number of hydrogen-bond donors (Lipinski definition) is 1. The predicted octanol–water partition coefficient (Wildman–Crippen LogP) is 3.92. The van der Waals surface area contributed by atoms with Gasteiger partial charge in [0.1, 0.15) is 23.6 Å². The van der Waals surface area contributed by atoms with Crippen LogP contribution in [0.2, 0.25) is 0 Å². The molecule has 0 amide bonds. The SMILES string of the molecule is N#Cc1c(F)cccc1NC1CCOC1c1ccc(F)c(F)c1. The Balaban J connectivity index is 1.87. The zero-order valence-electron chi connectivity index (χ0n) is 12.0. The van der Waals surface area contributed by atoms with Crippen LogP contribution >= 0.6 is 0 Å². The van der Waals surface area contributed by atoms with Gasteiger partial charge in [-0.3, -0.25) is 0 Å². The molecule has 0 spiro atoms. The summed E-state index contributed by atoms with van der Waals surface area (Å²) >= 11 is 0. The van der Waals surface area contributed by atoms with Gasteiger partial charge in [-0.05, 0) is 36.2 Å². The van der Waals surface area contributed by atoms with Crippen LogP contribution in [0.4, 0.5) is 18.9 Å². The third kappa shape index (κ3) is 3.01. The molecule has 0 aliphatic carbocycles. The van der Waals surface area contributed by atoms with E-state index in [-0.39, 0.29) is 11.6 Å². The maximum atomic E-state index is 13.7. The third-order valence-electron chi connectivity index (χ3n) is 3.83. The predicted molar refractivity (Wildman–Crippen MR) is 78.2 cm³/mol. The molecule has 23 heavy (non-hydrogen) atoms. The van der Waals surface area contributed by atoms with Crippen molar-refractivity contribution in [2.24, 2.45) is 0 Å². The highest BCUT2D eigenvalue weighted by atomic mass is 19.2. The molecule has 2 unspecified atom stereocenters. The largest absolute Gasteiger partial charge is 0.378 e. The minimum atomic E-state index is -0.944. The van der Waals surface area contributed by atoms with Crippen molar-refractivity contribution in [3.8, 4) is 6.07 Å². The van der Waals surface area contributed by atoms with Crippen molar-refractivity contribution in [3.63, 3.8) is 0 Å². The van der Waals surface area contributed by atoms with E-state index >= 15 is 0 Å². The highest BCUT2D eigenvalue weighted by Gasteiger charge is 2.31. The van der Waals surface area contributed by atoms with Gasteiger partial charge in [-0.25, -0.2) is 13.2 Å². The highest BCUT2D eigenvalue weighted by Crippen LogP contribution is 2.33. The highest BCUT2D eigenvalue weighted by molar-refractivity contribution is 5.58. The smallest absolute Gasteiger partial charge is 0.159 e. The molecule has 6 heteroatoms. The number of benzene rings is 2. The van der Waals surface area contributed by atoms with Gasteiger partial charge in [0.05, 0.1) is 11.7 Å². The monoisotopic (exact) mass is 318 g/mol. The molecule has 1 fully saturated rings. The van der Waals surface area contributed by atoms with E-state index in [1.807, 2.05) is 6.07 Å². The van der Waals surface area contributed by atoms with E-state index in [4.69, 9.17) is 10.00 Å². The second-order valence-corrected chi connectivity index (χ2v) is 5.28. The first-order chi connectivity index (χ1) is 11.1. The van der Waals surface area contributed by atoms with E-state index in [9.17, 15) is 13.2 Å². The fourth-order valence-corrected chi connectivity index (χ4v) is 2.71. The molecule has 0 bridgehead atoms. The number of nitrogens with one attached hydrogen (secondary N) is 1. The first-order valence-electron chi connectivity index (χ1n) is 7.12. The molecule has 2 aromatic carbocycles. The fourth-order valence-electron chi connectivity index (χ4n) is 2.71. The Kier molecular flexibility index (Phi) is 4.22. The van der Waals surface area contributed by atoms with E-state index < -0.39 is 23.6 Å². The molecule has 1 aliphatic rings. The van der Waals surface area contributed by atoms with Gasteiger partial charge in [0.15, 0.2) is 11.6 Å². The lowest BCUT2D eigenvalue weighted by Gasteiger charge is -2.22. The lowest BCUT2D eigenvalue weighted by atomic mass is 10.0. The Morgan fingerprint density at radius 2 is 1.91 bits per heavy atom. The molecule has 3 rings (SSSR count).